The number of aromatic nitrogens is 1. The largest absolute Gasteiger partial charge is 0.484 e. The molecule has 0 aliphatic carbocycles. The molecule has 1 aromatic rings. The Balaban J connectivity index is 2.09. The van der Waals surface area contributed by atoms with Gasteiger partial charge in [-0.1, -0.05) is 0 Å². The van der Waals surface area contributed by atoms with Gasteiger partial charge in [0.25, 0.3) is 0 Å². The van der Waals surface area contributed by atoms with Crippen LogP contribution in [0.3, 0.4) is 0 Å². The number of nitrogens with zero attached hydrogens (tertiary/aromatic N) is 2. The molecule has 0 unspecified atom stereocenters. The molecule has 1 saturated heterocycles. The molecule has 2 rings (SSSR count). The average Bonchev–Trinajstić information content (AvgIpc) is 2.71. The predicted octanol–water partition coefficient (Wildman–Crippen LogP) is 1.21. The van der Waals surface area contributed by atoms with Crippen LogP contribution in [-0.2, 0) is 4.79 Å². The van der Waals surface area contributed by atoms with E-state index in [-0.39, 0.29) is 17.9 Å². The molecule has 0 radical (unpaired) electrons. The van der Waals surface area contributed by atoms with Crippen molar-refractivity contribution in [2.45, 2.75) is 32.8 Å². The molecule has 0 atom stereocenters. The molecular weight excluding hydrogens is 264 g/mol. The van der Waals surface area contributed by atoms with E-state index in [1.54, 1.807) is 0 Å². The summed E-state index contributed by atoms with van der Waals surface area (Å²) in [6.07, 6.45) is 1.60. The van der Waals surface area contributed by atoms with Gasteiger partial charge in [0.05, 0.1) is 6.10 Å². The van der Waals surface area contributed by atoms with E-state index in [9.17, 15) is 4.79 Å². The van der Waals surface area contributed by atoms with E-state index in [0.717, 1.165) is 30.9 Å². The van der Waals surface area contributed by atoms with Crippen molar-refractivity contribution >= 4 is 28.3 Å². The number of primary amides is 1. The predicted molar refractivity (Wildman–Crippen MR) is 76.4 cm³/mol. The van der Waals surface area contributed by atoms with Crippen LogP contribution < -0.4 is 21.1 Å². The summed E-state index contributed by atoms with van der Waals surface area (Å²) in [5, 5.41) is 0.953. The lowest BCUT2D eigenvalue weighted by Gasteiger charge is -2.31. The van der Waals surface area contributed by atoms with E-state index >= 15 is 0 Å². The Labute approximate surface area is 116 Å². The highest BCUT2D eigenvalue weighted by Gasteiger charge is 2.27. The number of ether oxygens (including phenoxy) is 1. The van der Waals surface area contributed by atoms with Crippen LogP contribution in [0.5, 0.6) is 5.75 Å². The van der Waals surface area contributed by atoms with Crippen molar-refractivity contribution in [3.63, 3.8) is 0 Å². The first kappa shape index (κ1) is 13.9. The Kier molecular flexibility index (Phi) is 4.14. The third-order valence-electron chi connectivity index (χ3n) is 3.20. The van der Waals surface area contributed by atoms with Gasteiger partial charge < -0.3 is 21.1 Å². The van der Waals surface area contributed by atoms with E-state index in [0.29, 0.717) is 11.6 Å². The van der Waals surface area contributed by atoms with Gasteiger partial charge in [-0.25, -0.2) is 0 Å². The quantitative estimate of drug-likeness (QED) is 0.866. The highest BCUT2D eigenvalue weighted by molar-refractivity contribution is 7.11. The molecule has 0 saturated carbocycles. The van der Waals surface area contributed by atoms with Crippen molar-refractivity contribution < 1.29 is 9.53 Å². The number of anilines is 2. The van der Waals surface area contributed by atoms with E-state index in [2.05, 4.69) is 9.27 Å². The monoisotopic (exact) mass is 284 g/mol. The van der Waals surface area contributed by atoms with Crippen molar-refractivity contribution in [3.05, 3.63) is 0 Å². The number of rotatable bonds is 4. The lowest BCUT2D eigenvalue weighted by atomic mass is 9.96. The summed E-state index contributed by atoms with van der Waals surface area (Å²) in [6.45, 7) is 5.48. The molecule has 0 aromatic carbocycles. The second-order valence-corrected chi connectivity index (χ2v) is 5.78. The molecule has 0 spiro atoms. The van der Waals surface area contributed by atoms with Crippen LogP contribution in [0, 0.1) is 5.92 Å². The number of hydrogen-bond acceptors (Lipinski definition) is 6. The van der Waals surface area contributed by atoms with Crippen LogP contribution >= 0.6 is 11.5 Å². The van der Waals surface area contributed by atoms with Gasteiger partial charge in [-0.05, 0) is 38.2 Å². The molecule has 6 nitrogen and oxygen atoms in total. The molecule has 2 heterocycles. The molecule has 1 aliphatic rings. The van der Waals surface area contributed by atoms with Crippen molar-refractivity contribution in [3.8, 4) is 5.75 Å². The Hall–Kier alpha value is -1.50. The number of piperidine rings is 1. The van der Waals surface area contributed by atoms with Crippen LogP contribution in [0.2, 0.25) is 0 Å². The minimum Gasteiger partial charge on any atom is -0.484 e. The second-order valence-electron chi connectivity index (χ2n) is 5.03. The first-order valence-corrected chi connectivity index (χ1v) is 7.22. The summed E-state index contributed by atoms with van der Waals surface area (Å²) in [4.78, 5) is 13.3. The summed E-state index contributed by atoms with van der Waals surface area (Å²) in [5.41, 5.74) is 11.2. The van der Waals surface area contributed by atoms with Crippen LogP contribution in [0.25, 0.3) is 0 Å². The normalized spacial score (nSPS) is 16.9. The number of hydrogen-bond donors (Lipinski definition) is 2. The van der Waals surface area contributed by atoms with Crippen molar-refractivity contribution in [2.75, 3.05) is 23.7 Å². The van der Waals surface area contributed by atoms with Crippen LogP contribution in [-0.4, -0.2) is 29.5 Å². The number of carbonyl (C=O) groups excluding carboxylic acids is 1. The Morgan fingerprint density at radius 1 is 1.47 bits per heavy atom. The zero-order valence-corrected chi connectivity index (χ0v) is 12.1. The summed E-state index contributed by atoms with van der Waals surface area (Å²) in [5.74, 6) is 0.876. The molecule has 1 aliphatic heterocycles. The molecule has 19 heavy (non-hydrogen) atoms. The summed E-state index contributed by atoms with van der Waals surface area (Å²) in [7, 11) is 0. The van der Waals surface area contributed by atoms with Gasteiger partial charge in [0, 0.05) is 19.0 Å². The average molecular weight is 284 g/mol. The lowest BCUT2D eigenvalue weighted by Crippen LogP contribution is -2.38. The third kappa shape index (κ3) is 3.09. The minimum atomic E-state index is -0.206. The number of nitrogen functional groups attached to an aromatic ring is 1. The standard InChI is InChI=1S/C12H20N4O2S/c1-7(2)18-9-10(13)15-19-12(9)16-5-3-8(4-6-16)11(14)17/h7-8H,3-6H2,1-2H3,(H2,13,15)(H2,14,17). The Morgan fingerprint density at radius 2 is 2.11 bits per heavy atom. The fourth-order valence-corrected chi connectivity index (χ4v) is 3.00. The smallest absolute Gasteiger partial charge is 0.220 e. The van der Waals surface area contributed by atoms with Crippen LogP contribution in [0.1, 0.15) is 26.7 Å². The molecule has 1 amide bonds. The zero-order chi connectivity index (χ0) is 14.0. The lowest BCUT2D eigenvalue weighted by molar-refractivity contribution is -0.122. The molecule has 106 valence electrons. The molecule has 1 fully saturated rings. The number of carbonyl (C=O) groups is 1. The van der Waals surface area contributed by atoms with E-state index in [1.807, 2.05) is 13.8 Å². The second kappa shape index (κ2) is 5.64. The van der Waals surface area contributed by atoms with E-state index in [1.165, 1.54) is 11.5 Å². The molecule has 1 aromatic heterocycles. The zero-order valence-electron chi connectivity index (χ0n) is 11.3. The van der Waals surface area contributed by atoms with Gasteiger partial charge >= 0.3 is 0 Å². The number of amides is 1. The fraction of sp³-hybridized carbons (Fsp3) is 0.667. The fourth-order valence-electron chi connectivity index (χ4n) is 2.20. The van der Waals surface area contributed by atoms with Gasteiger partial charge in [0.15, 0.2) is 16.6 Å². The van der Waals surface area contributed by atoms with E-state index < -0.39 is 0 Å². The van der Waals surface area contributed by atoms with Gasteiger partial charge in [-0.15, -0.1) is 0 Å². The first-order valence-electron chi connectivity index (χ1n) is 6.45. The summed E-state index contributed by atoms with van der Waals surface area (Å²) < 4.78 is 9.89. The van der Waals surface area contributed by atoms with Crippen molar-refractivity contribution in [1.29, 1.82) is 0 Å². The maximum atomic E-state index is 11.2. The maximum absolute atomic E-state index is 11.2. The van der Waals surface area contributed by atoms with Crippen LogP contribution in [0.4, 0.5) is 10.8 Å². The SMILES string of the molecule is CC(C)Oc1c(N)nsc1N1CCC(C(N)=O)CC1. The van der Waals surface area contributed by atoms with Gasteiger partial charge in [-0.3, -0.25) is 4.79 Å². The van der Waals surface area contributed by atoms with Crippen molar-refractivity contribution in [2.24, 2.45) is 11.7 Å². The molecule has 0 bridgehead atoms. The summed E-state index contributed by atoms with van der Waals surface area (Å²) in [6, 6.07) is 0. The number of nitrogens with two attached hydrogens (primary N) is 2. The third-order valence-corrected chi connectivity index (χ3v) is 4.10. The van der Waals surface area contributed by atoms with Crippen LogP contribution in [0.15, 0.2) is 0 Å². The Bertz CT molecular complexity index is 453. The maximum Gasteiger partial charge on any atom is 0.220 e. The molecule has 7 heteroatoms. The van der Waals surface area contributed by atoms with Gasteiger partial charge in [-0.2, -0.15) is 4.37 Å². The molecule has 4 N–H and O–H groups in total. The highest BCUT2D eigenvalue weighted by atomic mass is 32.1. The highest BCUT2D eigenvalue weighted by Crippen LogP contribution is 2.40. The first-order chi connectivity index (χ1) is 8.99. The Morgan fingerprint density at radius 3 is 2.63 bits per heavy atom. The topological polar surface area (TPSA) is 94.5 Å². The summed E-state index contributed by atoms with van der Waals surface area (Å²) >= 11 is 1.34. The van der Waals surface area contributed by atoms with Gasteiger partial charge in [0.1, 0.15) is 0 Å². The minimum absolute atomic E-state index is 0.0176. The van der Waals surface area contributed by atoms with Gasteiger partial charge in [0.2, 0.25) is 5.91 Å². The van der Waals surface area contributed by atoms with E-state index in [4.69, 9.17) is 16.2 Å². The molecular formula is C12H20N4O2S. The van der Waals surface area contributed by atoms with Crippen molar-refractivity contribution in [1.82, 2.24) is 4.37 Å².